The van der Waals surface area contributed by atoms with Crippen LogP contribution in [-0.2, 0) is 16.0 Å². The molecule has 2 amide bonds. The number of carbonyl (C=O) groups is 2. The van der Waals surface area contributed by atoms with Crippen molar-refractivity contribution in [3.63, 3.8) is 0 Å². The minimum absolute atomic E-state index is 0.0371. The Labute approximate surface area is 149 Å². The van der Waals surface area contributed by atoms with E-state index >= 15 is 0 Å². The van der Waals surface area contributed by atoms with Gasteiger partial charge in [0, 0.05) is 23.5 Å². The summed E-state index contributed by atoms with van der Waals surface area (Å²) in [5.41, 5.74) is 2.30. The third-order valence-corrected chi connectivity index (χ3v) is 4.81. The Morgan fingerprint density at radius 2 is 1.88 bits per heavy atom. The summed E-state index contributed by atoms with van der Waals surface area (Å²) in [5.74, 6) is -1.26. The molecule has 2 aromatic carbocycles. The highest BCUT2D eigenvalue weighted by Gasteiger charge is 2.42. The Kier molecular flexibility index (Phi) is 4.26. The monoisotopic (exact) mass is 352 g/mol. The molecule has 5 nitrogen and oxygen atoms in total. The molecule has 3 aromatic rings. The first-order chi connectivity index (χ1) is 12.6. The molecule has 0 radical (unpaired) electrons. The molecule has 1 aliphatic rings. The van der Waals surface area contributed by atoms with Crippen molar-refractivity contribution in [3.8, 4) is 0 Å². The van der Waals surface area contributed by atoms with Gasteiger partial charge >= 0.3 is 0 Å². The van der Waals surface area contributed by atoms with Crippen LogP contribution < -0.4 is 10.2 Å². The summed E-state index contributed by atoms with van der Waals surface area (Å²) in [6, 6.07) is 13.4. The third kappa shape index (κ3) is 2.88. The summed E-state index contributed by atoms with van der Waals surface area (Å²) in [6.45, 7) is 0.677. The molecule has 1 fully saturated rings. The Morgan fingerprint density at radius 1 is 1.12 bits per heavy atom. The number of aromatic nitrogens is 1. The van der Waals surface area contributed by atoms with Crippen molar-refractivity contribution < 1.29 is 19.3 Å². The summed E-state index contributed by atoms with van der Waals surface area (Å²) in [6.07, 6.45) is 2.86. The number of aromatic amines is 1. The van der Waals surface area contributed by atoms with E-state index in [0.29, 0.717) is 6.54 Å². The topological polar surface area (TPSA) is 69.8 Å². The molecule has 2 heterocycles. The van der Waals surface area contributed by atoms with Crippen LogP contribution >= 0.6 is 0 Å². The van der Waals surface area contributed by atoms with Crippen molar-refractivity contribution in [2.75, 3.05) is 11.4 Å². The van der Waals surface area contributed by atoms with Crippen LogP contribution in [0.2, 0.25) is 0 Å². The maximum Gasteiger partial charge on any atom is 0.292 e. The van der Waals surface area contributed by atoms with Crippen molar-refractivity contribution in [2.45, 2.75) is 18.9 Å². The van der Waals surface area contributed by atoms with Crippen molar-refractivity contribution in [3.05, 3.63) is 66.1 Å². The van der Waals surface area contributed by atoms with Crippen LogP contribution in [0.4, 0.5) is 10.1 Å². The normalized spacial score (nSPS) is 17.4. The second-order valence-electron chi connectivity index (χ2n) is 6.46. The summed E-state index contributed by atoms with van der Waals surface area (Å²) in [5, 5.41) is 3.05. The zero-order chi connectivity index (χ0) is 18.1. The molecule has 1 aliphatic heterocycles. The lowest BCUT2D eigenvalue weighted by Crippen LogP contribution is -2.92. The van der Waals surface area contributed by atoms with Crippen LogP contribution in [0.1, 0.15) is 12.0 Å². The quantitative estimate of drug-likeness (QED) is 0.687. The highest BCUT2D eigenvalue weighted by atomic mass is 19.1. The molecule has 1 saturated heterocycles. The number of nitrogens with one attached hydrogen (secondary N) is 1. The fraction of sp³-hybridized carbons (Fsp3) is 0.200. The fourth-order valence-corrected chi connectivity index (χ4v) is 3.50. The number of fused-ring (bicyclic) bond motifs is 1. The van der Waals surface area contributed by atoms with E-state index in [1.807, 2.05) is 29.7 Å². The highest BCUT2D eigenvalue weighted by molar-refractivity contribution is 6.21. The summed E-state index contributed by atoms with van der Waals surface area (Å²) >= 11 is 0. The number of imide groups is 1. The number of carbonyl (C=O) groups excluding carboxylic acids is 2. The molecule has 0 unspecified atom stereocenters. The van der Waals surface area contributed by atoms with Gasteiger partial charge in [-0.25, -0.2) is 9.29 Å². The summed E-state index contributed by atoms with van der Waals surface area (Å²) in [7, 11) is 0. The number of rotatable bonds is 5. The van der Waals surface area contributed by atoms with Crippen molar-refractivity contribution in [2.24, 2.45) is 0 Å². The van der Waals surface area contributed by atoms with E-state index in [1.165, 1.54) is 29.1 Å². The van der Waals surface area contributed by atoms with Crippen molar-refractivity contribution >= 4 is 28.4 Å². The Hall–Kier alpha value is -2.99. The van der Waals surface area contributed by atoms with E-state index in [9.17, 15) is 14.0 Å². The molecule has 4 rings (SSSR count). The molecule has 1 atom stereocenters. The Morgan fingerprint density at radius 3 is 2.73 bits per heavy atom. The van der Waals surface area contributed by atoms with Crippen LogP contribution in [0.5, 0.6) is 0 Å². The zero-order valence-electron chi connectivity index (χ0n) is 14.1. The maximum absolute atomic E-state index is 13.9. The average molecular weight is 352 g/mol. The number of hydrogen-bond acceptors (Lipinski definition) is 2. The smallest absolute Gasteiger partial charge is 0.292 e. The second-order valence-corrected chi connectivity index (χ2v) is 6.46. The Balaban J connectivity index is 1.42. The molecule has 132 valence electrons. The first-order valence-electron chi connectivity index (χ1n) is 8.65. The summed E-state index contributed by atoms with van der Waals surface area (Å²) in [4.78, 5) is 29.0. The van der Waals surface area contributed by atoms with E-state index in [4.69, 9.17) is 0 Å². The number of anilines is 1. The van der Waals surface area contributed by atoms with Gasteiger partial charge in [0.1, 0.15) is 5.82 Å². The molecule has 6 heteroatoms. The number of para-hydroxylation sites is 2. The van der Waals surface area contributed by atoms with Gasteiger partial charge in [-0.2, -0.15) is 0 Å². The lowest BCUT2D eigenvalue weighted by molar-refractivity contribution is -0.674. The number of H-pyrrole nitrogens is 1. The van der Waals surface area contributed by atoms with Gasteiger partial charge in [0.05, 0.1) is 18.7 Å². The molecule has 26 heavy (non-hydrogen) atoms. The number of hydrogen-bond donors (Lipinski definition) is 2. The molecule has 0 bridgehead atoms. The predicted molar refractivity (Wildman–Crippen MR) is 96.1 cm³/mol. The largest absolute Gasteiger partial charge is 0.361 e. The minimum Gasteiger partial charge on any atom is -0.361 e. The van der Waals surface area contributed by atoms with E-state index in [1.54, 1.807) is 6.07 Å². The number of quaternary nitrogens is 1. The van der Waals surface area contributed by atoms with Gasteiger partial charge in [-0.1, -0.05) is 30.3 Å². The molecule has 3 N–H and O–H groups in total. The molecule has 1 aromatic heterocycles. The second kappa shape index (κ2) is 6.72. The standard InChI is InChI=1S/C20H18FN3O2/c21-15-6-2-4-8-18(15)24-19(25)11-17(20(24)26)22-10-9-13-12-23-16-7-3-1-5-14(13)16/h1-8,12,17,22-23H,9-11H2/p+1/t17-/m0/s1. The van der Waals surface area contributed by atoms with Gasteiger partial charge in [0.15, 0.2) is 6.04 Å². The van der Waals surface area contributed by atoms with Crippen molar-refractivity contribution in [1.29, 1.82) is 0 Å². The van der Waals surface area contributed by atoms with Gasteiger partial charge in [-0.3, -0.25) is 9.59 Å². The van der Waals surface area contributed by atoms with E-state index in [2.05, 4.69) is 11.1 Å². The number of nitrogens with two attached hydrogens (primary N) is 1. The van der Waals surface area contributed by atoms with Gasteiger partial charge < -0.3 is 10.3 Å². The van der Waals surface area contributed by atoms with Gasteiger partial charge in [-0.15, -0.1) is 0 Å². The molecular formula is C20H19FN3O2+. The lowest BCUT2D eigenvalue weighted by atomic mass is 10.1. The maximum atomic E-state index is 13.9. The zero-order valence-corrected chi connectivity index (χ0v) is 14.1. The lowest BCUT2D eigenvalue weighted by Gasteiger charge is -2.14. The van der Waals surface area contributed by atoms with Gasteiger partial charge in [0.25, 0.3) is 5.91 Å². The summed E-state index contributed by atoms with van der Waals surface area (Å²) < 4.78 is 13.9. The SMILES string of the molecule is O=C1C[C@H]([NH2+]CCc2c[nH]c3ccccc23)C(=O)N1c1ccccc1F. The van der Waals surface area contributed by atoms with Crippen LogP contribution in [-0.4, -0.2) is 29.4 Å². The Bertz CT molecular complexity index is 982. The molecule has 0 spiro atoms. The fourth-order valence-electron chi connectivity index (χ4n) is 3.50. The number of nitrogens with zero attached hydrogens (tertiary/aromatic N) is 1. The third-order valence-electron chi connectivity index (χ3n) is 4.81. The van der Waals surface area contributed by atoms with E-state index in [-0.39, 0.29) is 23.9 Å². The number of halogens is 1. The molecule has 0 aliphatic carbocycles. The van der Waals surface area contributed by atoms with Crippen LogP contribution in [0.25, 0.3) is 10.9 Å². The molecular weight excluding hydrogens is 333 g/mol. The highest BCUT2D eigenvalue weighted by Crippen LogP contribution is 2.24. The van der Waals surface area contributed by atoms with Gasteiger partial charge in [-0.05, 0) is 23.8 Å². The molecule has 0 saturated carbocycles. The van der Waals surface area contributed by atoms with Gasteiger partial charge in [0.2, 0.25) is 5.91 Å². The van der Waals surface area contributed by atoms with Crippen LogP contribution in [0, 0.1) is 5.82 Å². The number of benzene rings is 2. The average Bonchev–Trinajstić information content (AvgIpc) is 3.17. The number of amides is 2. The minimum atomic E-state index is -0.561. The van der Waals surface area contributed by atoms with Crippen molar-refractivity contribution in [1.82, 2.24) is 4.98 Å². The van der Waals surface area contributed by atoms with E-state index < -0.39 is 11.9 Å². The van der Waals surface area contributed by atoms with E-state index in [0.717, 1.165) is 16.8 Å². The first kappa shape index (κ1) is 16.5. The predicted octanol–water partition coefficient (Wildman–Crippen LogP) is 1.74. The van der Waals surface area contributed by atoms with Crippen LogP contribution in [0.3, 0.4) is 0 Å². The first-order valence-corrected chi connectivity index (χ1v) is 8.65. The van der Waals surface area contributed by atoms with Crippen LogP contribution in [0.15, 0.2) is 54.7 Å².